The molecule has 10 nitrogen and oxygen atoms in total. The van der Waals surface area contributed by atoms with Crippen LogP contribution in [0.2, 0.25) is 0 Å². The second-order valence-electron chi connectivity index (χ2n) is 8.54. The van der Waals surface area contributed by atoms with E-state index in [0.29, 0.717) is 27.9 Å². The number of aromatic nitrogens is 6. The quantitative estimate of drug-likeness (QED) is 0.416. The van der Waals surface area contributed by atoms with Crippen molar-refractivity contribution in [1.29, 1.82) is 0 Å². The summed E-state index contributed by atoms with van der Waals surface area (Å²) in [6.07, 6.45) is 4.18. The lowest BCUT2D eigenvalue weighted by molar-refractivity contribution is -0.129. The maximum absolute atomic E-state index is 12.2. The average molecular weight is 511 g/mol. The number of benzene rings is 1. The monoisotopic (exact) mass is 510 g/mol. The second-order valence-corrected chi connectivity index (χ2v) is 9.29. The van der Waals surface area contributed by atoms with Gasteiger partial charge in [-0.3, -0.25) is 4.79 Å². The standard InChI is InChI=1S/C22H23BrN8O2/c1-12-26-18(30-33-12)13-4-6-15(7-5-13)31-19-16(17(23)29-31)11-25-21(28-19)27-14-8-9-22(2,10-14)20(32)24-3/h4-7,11,14H,8-10H2,1-3H3,(H,24,32)(H,25,27,28)/t14-,22?/m1/s1. The number of nitrogens with zero attached hydrogens (tertiary/aromatic N) is 6. The van der Waals surface area contributed by atoms with Gasteiger partial charge in [-0.2, -0.15) is 15.1 Å². The molecule has 0 aliphatic heterocycles. The van der Waals surface area contributed by atoms with Gasteiger partial charge in [-0.15, -0.1) is 0 Å². The lowest BCUT2D eigenvalue weighted by atomic mass is 9.87. The topological polar surface area (TPSA) is 124 Å². The van der Waals surface area contributed by atoms with E-state index in [1.807, 2.05) is 31.2 Å². The van der Waals surface area contributed by atoms with Crippen LogP contribution in [0.3, 0.4) is 0 Å². The van der Waals surface area contributed by atoms with Crippen LogP contribution >= 0.6 is 15.9 Å². The number of hydrogen-bond acceptors (Lipinski definition) is 8. The van der Waals surface area contributed by atoms with Crippen LogP contribution in [0.1, 0.15) is 32.1 Å². The van der Waals surface area contributed by atoms with Crippen molar-refractivity contribution >= 4 is 38.8 Å². The Morgan fingerprint density at radius 3 is 2.76 bits per heavy atom. The van der Waals surface area contributed by atoms with Gasteiger partial charge in [-0.1, -0.05) is 12.1 Å². The number of halogens is 1. The zero-order valence-corrected chi connectivity index (χ0v) is 20.0. The maximum Gasteiger partial charge on any atom is 0.225 e. The normalized spacial score (nSPS) is 20.3. The van der Waals surface area contributed by atoms with Crippen molar-refractivity contribution < 1.29 is 9.32 Å². The molecule has 0 saturated heterocycles. The molecule has 0 radical (unpaired) electrons. The molecule has 33 heavy (non-hydrogen) atoms. The lowest BCUT2D eigenvalue weighted by Crippen LogP contribution is -2.35. The Morgan fingerprint density at radius 1 is 1.27 bits per heavy atom. The molecule has 2 atom stereocenters. The molecule has 3 aromatic heterocycles. The molecular formula is C22H23BrN8O2. The minimum atomic E-state index is -0.375. The van der Waals surface area contributed by atoms with Crippen molar-refractivity contribution in [1.82, 2.24) is 35.2 Å². The summed E-state index contributed by atoms with van der Waals surface area (Å²) in [6, 6.07) is 7.82. The van der Waals surface area contributed by atoms with E-state index in [9.17, 15) is 4.79 Å². The van der Waals surface area contributed by atoms with Crippen molar-refractivity contribution in [3.05, 3.63) is 41.0 Å². The first-order chi connectivity index (χ1) is 15.9. The van der Waals surface area contributed by atoms with E-state index in [2.05, 4.69) is 46.8 Å². The number of carbonyl (C=O) groups is 1. The van der Waals surface area contributed by atoms with Gasteiger partial charge in [0.25, 0.3) is 0 Å². The van der Waals surface area contributed by atoms with Gasteiger partial charge in [-0.05, 0) is 59.5 Å². The van der Waals surface area contributed by atoms with Gasteiger partial charge < -0.3 is 15.2 Å². The lowest BCUT2D eigenvalue weighted by Gasteiger charge is -2.22. The second kappa shape index (κ2) is 8.22. The zero-order chi connectivity index (χ0) is 23.2. The smallest absolute Gasteiger partial charge is 0.225 e. The van der Waals surface area contributed by atoms with Crippen molar-refractivity contribution in [2.45, 2.75) is 39.2 Å². The largest absolute Gasteiger partial charge is 0.359 e. The molecule has 1 aliphatic rings. The third kappa shape index (κ3) is 3.97. The first-order valence-electron chi connectivity index (χ1n) is 10.7. The fourth-order valence-electron chi connectivity index (χ4n) is 4.34. The Bertz CT molecular complexity index is 1330. The third-order valence-electron chi connectivity index (χ3n) is 6.13. The van der Waals surface area contributed by atoms with Gasteiger partial charge in [0.1, 0.15) is 4.60 Å². The first-order valence-corrected chi connectivity index (χ1v) is 11.5. The molecule has 4 aromatic rings. The summed E-state index contributed by atoms with van der Waals surface area (Å²) < 4.78 is 7.49. The molecule has 3 heterocycles. The Kier molecular flexibility index (Phi) is 5.35. The van der Waals surface area contributed by atoms with Crippen LogP contribution in [-0.4, -0.2) is 48.9 Å². The van der Waals surface area contributed by atoms with E-state index in [1.165, 1.54) is 0 Å². The van der Waals surface area contributed by atoms with Gasteiger partial charge in [0.05, 0.1) is 11.1 Å². The van der Waals surface area contributed by atoms with E-state index < -0.39 is 0 Å². The van der Waals surface area contributed by atoms with Crippen molar-refractivity contribution in [3.8, 4) is 17.1 Å². The molecule has 1 aromatic carbocycles. The fraction of sp³-hybridized carbons (Fsp3) is 0.364. The van der Waals surface area contributed by atoms with Gasteiger partial charge in [-0.25, -0.2) is 9.67 Å². The van der Waals surface area contributed by atoms with E-state index in [4.69, 9.17) is 9.51 Å². The molecule has 1 unspecified atom stereocenters. The summed E-state index contributed by atoms with van der Waals surface area (Å²) in [5.74, 6) is 1.65. The highest BCUT2D eigenvalue weighted by atomic mass is 79.9. The van der Waals surface area contributed by atoms with Crippen LogP contribution in [0.15, 0.2) is 39.6 Å². The summed E-state index contributed by atoms with van der Waals surface area (Å²) in [5, 5.41) is 15.5. The number of fused-ring (bicyclic) bond motifs is 1. The minimum Gasteiger partial charge on any atom is -0.359 e. The van der Waals surface area contributed by atoms with Gasteiger partial charge in [0, 0.05) is 37.2 Å². The molecule has 1 fully saturated rings. The predicted octanol–water partition coefficient (Wildman–Crippen LogP) is 3.65. The maximum atomic E-state index is 12.2. The molecule has 5 rings (SSSR count). The van der Waals surface area contributed by atoms with Gasteiger partial charge in [0.2, 0.25) is 23.6 Å². The van der Waals surface area contributed by atoms with E-state index in [-0.39, 0.29) is 17.4 Å². The number of nitrogens with one attached hydrogen (secondary N) is 2. The molecule has 11 heteroatoms. The Morgan fingerprint density at radius 2 is 2.06 bits per heavy atom. The molecule has 170 valence electrons. The van der Waals surface area contributed by atoms with Crippen LogP contribution in [0.4, 0.5) is 5.95 Å². The highest BCUT2D eigenvalue weighted by Crippen LogP contribution is 2.39. The number of amides is 1. The average Bonchev–Trinajstić information content (AvgIpc) is 3.51. The van der Waals surface area contributed by atoms with Crippen LogP contribution in [-0.2, 0) is 4.79 Å². The van der Waals surface area contributed by atoms with Crippen LogP contribution in [0.5, 0.6) is 0 Å². The van der Waals surface area contributed by atoms with Crippen LogP contribution < -0.4 is 10.6 Å². The van der Waals surface area contributed by atoms with Crippen LogP contribution in [0, 0.1) is 12.3 Å². The molecule has 1 aliphatic carbocycles. The highest BCUT2D eigenvalue weighted by Gasteiger charge is 2.40. The summed E-state index contributed by atoms with van der Waals surface area (Å²) in [4.78, 5) is 25.7. The van der Waals surface area contributed by atoms with Gasteiger partial charge >= 0.3 is 0 Å². The summed E-state index contributed by atoms with van der Waals surface area (Å²) >= 11 is 3.51. The number of anilines is 1. The predicted molar refractivity (Wildman–Crippen MR) is 126 cm³/mol. The van der Waals surface area contributed by atoms with E-state index in [1.54, 1.807) is 24.9 Å². The summed E-state index contributed by atoms with van der Waals surface area (Å²) in [7, 11) is 1.68. The minimum absolute atomic E-state index is 0.0737. The zero-order valence-electron chi connectivity index (χ0n) is 18.5. The Labute approximate surface area is 198 Å². The molecule has 2 N–H and O–H groups in total. The van der Waals surface area contributed by atoms with Crippen molar-refractivity contribution in [3.63, 3.8) is 0 Å². The number of aryl methyl sites for hydroxylation is 1. The van der Waals surface area contributed by atoms with Gasteiger partial charge in [0.15, 0.2) is 5.65 Å². The summed E-state index contributed by atoms with van der Waals surface area (Å²) in [6.45, 7) is 3.76. The molecule has 0 spiro atoms. The van der Waals surface area contributed by atoms with E-state index >= 15 is 0 Å². The Hall–Kier alpha value is -3.34. The van der Waals surface area contributed by atoms with E-state index in [0.717, 1.165) is 35.9 Å². The van der Waals surface area contributed by atoms with Crippen molar-refractivity contribution in [2.24, 2.45) is 5.41 Å². The molecule has 0 bridgehead atoms. The Balaban J connectivity index is 1.42. The number of carbonyl (C=O) groups excluding carboxylic acids is 1. The van der Waals surface area contributed by atoms with Crippen LogP contribution in [0.25, 0.3) is 28.1 Å². The third-order valence-corrected chi connectivity index (χ3v) is 6.71. The molecule has 1 saturated carbocycles. The first kappa shape index (κ1) is 21.5. The molecular weight excluding hydrogens is 488 g/mol. The molecule has 1 amide bonds. The SMILES string of the molecule is CNC(=O)C1(C)CC[C@@H](Nc2ncc3c(Br)nn(-c4ccc(-c5noc(C)n5)cc4)c3n2)C1. The highest BCUT2D eigenvalue weighted by molar-refractivity contribution is 9.10. The fourth-order valence-corrected chi connectivity index (χ4v) is 4.78. The number of rotatable bonds is 5. The number of hydrogen-bond donors (Lipinski definition) is 2. The summed E-state index contributed by atoms with van der Waals surface area (Å²) in [5.41, 5.74) is 1.99. The van der Waals surface area contributed by atoms with Crippen molar-refractivity contribution in [2.75, 3.05) is 12.4 Å².